The molecule has 126 valence electrons. The van der Waals surface area contributed by atoms with Crippen molar-refractivity contribution >= 4 is 23.5 Å². The van der Waals surface area contributed by atoms with Crippen molar-refractivity contribution < 1.29 is 23.8 Å². The molecule has 0 unspecified atom stereocenters. The molecule has 1 aromatic rings. The Morgan fingerprint density at radius 3 is 2.78 bits per heavy atom. The molecule has 6 nitrogen and oxygen atoms in total. The van der Waals surface area contributed by atoms with Gasteiger partial charge in [0.15, 0.2) is 0 Å². The number of halogens is 1. The largest absolute Gasteiger partial charge is 0.495 e. The Morgan fingerprint density at radius 2 is 2.22 bits per heavy atom. The molecule has 1 fully saturated rings. The molecule has 7 heteroatoms. The minimum absolute atomic E-state index is 0.197. The van der Waals surface area contributed by atoms with Gasteiger partial charge in [0.05, 0.1) is 31.8 Å². The van der Waals surface area contributed by atoms with Crippen molar-refractivity contribution in [1.29, 1.82) is 0 Å². The number of esters is 1. The van der Waals surface area contributed by atoms with Gasteiger partial charge in [0.1, 0.15) is 11.8 Å². The molecule has 1 aromatic carbocycles. The molecule has 1 heterocycles. The Balaban J connectivity index is 2.07. The Hall–Kier alpha value is -1.79. The lowest BCUT2D eigenvalue weighted by Crippen LogP contribution is -2.45. The Morgan fingerprint density at radius 1 is 1.43 bits per heavy atom. The van der Waals surface area contributed by atoms with E-state index in [0.29, 0.717) is 30.4 Å². The highest BCUT2D eigenvalue weighted by molar-refractivity contribution is 6.32. The minimum atomic E-state index is -0.766. The van der Waals surface area contributed by atoms with Crippen LogP contribution in [0.1, 0.15) is 12.0 Å². The van der Waals surface area contributed by atoms with Crippen molar-refractivity contribution in [3.63, 3.8) is 0 Å². The average molecular weight is 342 g/mol. The van der Waals surface area contributed by atoms with Gasteiger partial charge in [-0.05, 0) is 24.1 Å². The minimum Gasteiger partial charge on any atom is -0.495 e. The van der Waals surface area contributed by atoms with Crippen LogP contribution in [0.15, 0.2) is 18.2 Å². The van der Waals surface area contributed by atoms with Crippen LogP contribution in [0.4, 0.5) is 0 Å². The fraction of sp³-hybridized carbons (Fsp3) is 0.500. The monoisotopic (exact) mass is 341 g/mol. The summed E-state index contributed by atoms with van der Waals surface area (Å²) in [5.74, 6) is -0.361. The van der Waals surface area contributed by atoms with Gasteiger partial charge >= 0.3 is 5.97 Å². The maximum atomic E-state index is 12.2. The van der Waals surface area contributed by atoms with Crippen LogP contribution in [-0.4, -0.2) is 45.4 Å². The molecule has 1 aliphatic rings. The summed E-state index contributed by atoms with van der Waals surface area (Å²) in [5.41, 5.74) is 0.800. The molecule has 0 spiro atoms. The molecule has 0 saturated carbocycles. The van der Waals surface area contributed by atoms with E-state index in [4.69, 9.17) is 25.8 Å². The SMILES string of the molecule is COC(=O)[C@@H](Cc1ccc(OC)c(Cl)c1)NC(=O)[C@H]1CCOC1. The van der Waals surface area contributed by atoms with E-state index < -0.39 is 12.0 Å². The second-order valence-electron chi connectivity index (χ2n) is 5.32. The Labute approximate surface area is 140 Å². The predicted octanol–water partition coefficient (Wildman–Crippen LogP) is 1.59. The van der Waals surface area contributed by atoms with Crippen LogP contribution in [-0.2, 0) is 25.5 Å². The van der Waals surface area contributed by atoms with E-state index in [1.54, 1.807) is 18.2 Å². The molecule has 23 heavy (non-hydrogen) atoms. The van der Waals surface area contributed by atoms with Crippen molar-refractivity contribution in [2.45, 2.75) is 18.9 Å². The maximum absolute atomic E-state index is 12.2. The molecule has 1 aliphatic heterocycles. The lowest BCUT2D eigenvalue weighted by Gasteiger charge is -2.19. The van der Waals surface area contributed by atoms with Gasteiger partial charge < -0.3 is 19.5 Å². The topological polar surface area (TPSA) is 73.9 Å². The fourth-order valence-corrected chi connectivity index (χ4v) is 2.72. The molecule has 2 atom stereocenters. The zero-order valence-electron chi connectivity index (χ0n) is 13.1. The summed E-state index contributed by atoms with van der Waals surface area (Å²) in [6, 6.07) is 4.46. The summed E-state index contributed by atoms with van der Waals surface area (Å²) >= 11 is 6.09. The Bertz CT molecular complexity index is 572. The summed E-state index contributed by atoms with van der Waals surface area (Å²) in [6.45, 7) is 0.948. The zero-order valence-corrected chi connectivity index (χ0v) is 13.9. The quantitative estimate of drug-likeness (QED) is 0.795. The van der Waals surface area contributed by atoms with E-state index in [0.717, 1.165) is 5.56 Å². The summed E-state index contributed by atoms with van der Waals surface area (Å²) < 4.78 is 15.1. The molecular weight excluding hydrogens is 322 g/mol. The number of carbonyl (C=O) groups excluding carboxylic acids is 2. The molecule has 0 aliphatic carbocycles. The highest BCUT2D eigenvalue weighted by atomic mass is 35.5. The van der Waals surface area contributed by atoms with E-state index in [2.05, 4.69) is 5.32 Å². The molecule has 1 amide bonds. The number of amides is 1. The lowest BCUT2D eigenvalue weighted by molar-refractivity contribution is -0.145. The third-order valence-electron chi connectivity index (χ3n) is 3.76. The summed E-state index contributed by atoms with van der Waals surface area (Å²) in [7, 11) is 2.82. The van der Waals surface area contributed by atoms with E-state index in [1.807, 2.05) is 0 Å². The predicted molar refractivity (Wildman–Crippen MR) is 84.6 cm³/mol. The summed E-state index contributed by atoms with van der Waals surface area (Å²) in [6.07, 6.45) is 0.948. The first-order valence-corrected chi connectivity index (χ1v) is 7.71. The summed E-state index contributed by atoms with van der Waals surface area (Å²) in [5, 5.41) is 3.19. The molecule has 0 bridgehead atoms. The van der Waals surface area contributed by atoms with Crippen molar-refractivity contribution in [3.8, 4) is 5.75 Å². The van der Waals surface area contributed by atoms with Gasteiger partial charge in [-0.2, -0.15) is 0 Å². The van der Waals surface area contributed by atoms with Gasteiger partial charge in [0, 0.05) is 13.0 Å². The number of hydrogen-bond donors (Lipinski definition) is 1. The summed E-state index contributed by atoms with van der Waals surface area (Å²) in [4.78, 5) is 24.1. The van der Waals surface area contributed by atoms with Crippen LogP contribution < -0.4 is 10.1 Å². The van der Waals surface area contributed by atoms with Crippen LogP contribution in [0.2, 0.25) is 5.02 Å². The van der Waals surface area contributed by atoms with E-state index in [9.17, 15) is 9.59 Å². The second kappa shape index (κ2) is 8.17. The number of rotatable bonds is 6. The average Bonchev–Trinajstić information content (AvgIpc) is 3.08. The zero-order chi connectivity index (χ0) is 16.8. The van der Waals surface area contributed by atoms with Crippen LogP contribution in [0.5, 0.6) is 5.75 Å². The van der Waals surface area contributed by atoms with Crippen molar-refractivity contribution in [2.24, 2.45) is 5.92 Å². The second-order valence-corrected chi connectivity index (χ2v) is 5.73. The van der Waals surface area contributed by atoms with Gasteiger partial charge in [0.2, 0.25) is 5.91 Å². The lowest BCUT2D eigenvalue weighted by atomic mass is 10.0. The van der Waals surface area contributed by atoms with E-state index in [1.165, 1.54) is 14.2 Å². The van der Waals surface area contributed by atoms with Crippen LogP contribution in [0, 0.1) is 5.92 Å². The molecular formula is C16H20ClNO5. The number of carbonyl (C=O) groups is 2. The highest BCUT2D eigenvalue weighted by Crippen LogP contribution is 2.25. The van der Waals surface area contributed by atoms with Gasteiger partial charge in [-0.25, -0.2) is 4.79 Å². The molecule has 1 N–H and O–H groups in total. The molecule has 2 rings (SSSR count). The van der Waals surface area contributed by atoms with Crippen LogP contribution in [0.3, 0.4) is 0 Å². The number of nitrogens with one attached hydrogen (secondary N) is 1. The Kier molecular flexibility index (Phi) is 6.24. The number of hydrogen-bond acceptors (Lipinski definition) is 5. The van der Waals surface area contributed by atoms with Crippen LogP contribution >= 0.6 is 11.6 Å². The number of benzene rings is 1. The van der Waals surface area contributed by atoms with Crippen molar-refractivity contribution in [3.05, 3.63) is 28.8 Å². The van der Waals surface area contributed by atoms with Gasteiger partial charge in [-0.3, -0.25) is 4.79 Å². The van der Waals surface area contributed by atoms with Crippen LogP contribution in [0.25, 0.3) is 0 Å². The first kappa shape index (κ1) is 17.6. The molecule has 0 aromatic heterocycles. The molecule has 0 radical (unpaired) electrons. The van der Waals surface area contributed by atoms with E-state index >= 15 is 0 Å². The first-order valence-electron chi connectivity index (χ1n) is 7.33. The number of ether oxygens (including phenoxy) is 3. The normalized spacial score (nSPS) is 18.3. The van der Waals surface area contributed by atoms with Crippen molar-refractivity contribution in [2.75, 3.05) is 27.4 Å². The third-order valence-corrected chi connectivity index (χ3v) is 4.05. The van der Waals surface area contributed by atoms with Gasteiger partial charge in [0.25, 0.3) is 0 Å². The van der Waals surface area contributed by atoms with Gasteiger partial charge in [-0.1, -0.05) is 17.7 Å². The third kappa shape index (κ3) is 4.59. The fourth-order valence-electron chi connectivity index (χ4n) is 2.44. The molecule has 1 saturated heterocycles. The number of methoxy groups -OCH3 is 2. The van der Waals surface area contributed by atoms with Gasteiger partial charge in [-0.15, -0.1) is 0 Å². The van der Waals surface area contributed by atoms with Crippen molar-refractivity contribution in [1.82, 2.24) is 5.32 Å². The maximum Gasteiger partial charge on any atom is 0.328 e. The smallest absolute Gasteiger partial charge is 0.328 e. The first-order chi connectivity index (χ1) is 11.0. The van der Waals surface area contributed by atoms with E-state index in [-0.39, 0.29) is 18.2 Å². The highest BCUT2D eigenvalue weighted by Gasteiger charge is 2.28. The standard InChI is InChI=1S/C16H20ClNO5/c1-21-14-4-3-10(7-12(14)17)8-13(16(20)22-2)18-15(19)11-5-6-23-9-11/h3-4,7,11,13H,5-6,8-9H2,1-2H3,(H,18,19)/t11-,13+/m0/s1.